The fourth-order valence-electron chi connectivity index (χ4n) is 1.73. The number of benzene rings is 2. The van der Waals surface area contributed by atoms with Gasteiger partial charge in [0.05, 0.1) is 22.5 Å². The van der Waals surface area contributed by atoms with Gasteiger partial charge >= 0.3 is 0 Å². The van der Waals surface area contributed by atoms with Gasteiger partial charge < -0.3 is 4.74 Å². The Balaban J connectivity index is 0.00000180. The van der Waals surface area contributed by atoms with Crippen LogP contribution in [0.25, 0.3) is 11.1 Å². The van der Waals surface area contributed by atoms with Gasteiger partial charge in [0.2, 0.25) is 0 Å². The van der Waals surface area contributed by atoms with Crippen LogP contribution in [0.3, 0.4) is 0 Å². The maximum absolute atomic E-state index is 11.1. The van der Waals surface area contributed by atoms with E-state index in [4.69, 9.17) is 4.74 Å². The van der Waals surface area contributed by atoms with E-state index < -0.39 is 4.92 Å². The molecule has 0 atom stereocenters. The van der Waals surface area contributed by atoms with Crippen LogP contribution in [0.1, 0.15) is 0 Å². The summed E-state index contributed by atoms with van der Waals surface area (Å²) in [7, 11) is 1.58. The number of rotatable bonds is 3. The molecule has 0 saturated carbocycles. The summed E-state index contributed by atoms with van der Waals surface area (Å²) in [5, 5.41) is 11.1. The average Bonchev–Trinajstić information content (AvgIpc) is 2.38. The number of para-hydroxylation sites is 1. The summed E-state index contributed by atoms with van der Waals surface area (Å²) in [6.07, 6.45) is 0. The quantitative estimate of drug-likeness (QED) is 0.406. The van der Waals surface area contributed by atoms with Crippen molar-refractivity contribution in [3.05, 3.63) is 52.6 Å². The molecule has 0 bridgehead atoms. The van der Waals surface area contributed by atoms with Gasteiger partial charge in [-0.3, -0.25) is 10.1 Å². The molecule has 94 valence electrons. The Kier molecular flexibility index (Phi) is 5.51. The molecule has 0 saturated heterocycles. The minimum atomic E-state index is -0.415. The average molecular weight is 327 g/mol. The fraction of sp³-hybridized carbons (Fsp3) is 0.0769. The maximum atomic E-state index is 11.1. The van der Waals surface area contributed by atoms with Crippen LogP contribution in [0.2, 0.25) is 0 Å². The summed E-state index contributed by atoms with van der Waals surface area (Å²) in [6.45, 7) is 0. The van der Waals surface area contributed by atoms with Crippen molar-refractivity contribution < 1.29 is 29.1 Å². The topological polar surface area (TPSA) is 52.4 Å². The smallest absolute Gasteiger partial charge is 0.290 e. The first-order valence-corrected chi connectivity index (χ1v) is 5.69. The van der Waals surface area contributed by atoms with E-state index in [2.05, 4.69) is 12.6 Å². The standard InChI is InChI=1S/C13H11NO3S.Zn/c1-17-10-7-5-9(6-8-10)11-3-2-4-12(18)13(11)14(15)16;/h2-8,18H,1H3;. The first kappa shape index (κ1) is 15.7. The van der Waals surface area contributed by atoms with Crippen LogP contribution >= 0.6 is 12.6 Å². The number of nitro groups is 1. The van der Waals surface area contributed by atoms with Crippen molar-refractivity contribution in [2.75, 3.05) is 7.11 Å². The first-order chi connectivity index (χ1) is 8.63. The summed E-state index contributed by atoms with van der Waals surface area (Å²) in [4.78, 5) is 11.0. The zero-order chi connectivity index (χ0) is 13.1. The molecule has 0 aliphatic rings. The summed E-state index contributed by atoms with van der Waals surface area (Å²) in [5.74, 6) is 0.712. The molecule has 0 amide bonds. The number of nitrogens with zero attached hydrogens (tertiary/aromatic N) is 1. The Labute approximate surface area is 129 Å². The van der Waals surface area contributed by atoms with Gasteiger partial charge in [0.15, 0.2) is 0 Å². The third-order valence-corrected chi connectivity index (χ3v) is 2.96. The van der Waals surface area contributed by atoms with Gasteiger partial charge in [-0.25, -0.2) is 0 Å². The van der Waals surface area contributed by atoms with E-state index in [1.165, 1.54) is 0 Å². The molecule has 0 radical (unpaired) electrons. The summed E-state index contributed by atoms with van der Waals surface area (Å²) in [5.41, 5.74) is 1.33. The normalized spacial score (nSPS) is 9.58. The molecule has 4 nitrogen and oxygen atoms in total. The Morgan fingerprint density at radius 3 is 2.32 bits per heavy atom. The molecule has 0 N–H and O–H groups in total. The zero-order valence-corrected chi connectivity index (χ0v) is 14.2. The van der Waals surface area contributed by atoms with Crippen molar-refractivity contribution in [1.29, 1.82) is 0 Å². The predicted molar refractivity (Wildman–Crippen MR) is 72.3 cm³/mol. The van der Waals surface area contributed by atoms with E-state index in [0.29, 0.717) is 16.2 Å². The number of hydrogen-bond acceptors (Lipinski definition) is 4. The molecule has 0 heterocycles. The van der Waals surface area contributed by atoms with Crippen molar-refractivity contribution >= 4 is 18.3 Å². The Bertz CT molecular complexity index is 587. The van der Waals surface area contributed by atoms with Gasteiger partial charge in [-0.05, 0) is 29.8 Å². The number of thiol groups is 1. The van der Waals surface area contributed by atoms with E-state index in [-0.39, 0.29) is 25.2 Å². The largest absolute Gasteiger partial charge is 0.497 e. The molecule has 0 aromatic heterocycles. The second-order valence-electron chi connectivity index (χ2n) is 3.66. The van der Waals surface area contributed by atoms with E-state index in [0.717, 1.165) is 5.56 Å². The minimum Gasteiger partial charge on any atom is -0.497 e. The third-order valence-electron chi connectivity index (χ3n) is 2.60. The van der Waals surface area contributed by atoms with Crippen LogP contribution in [0, 0.1) is 10.1 Å². The van der Waals surface area contributed by atoms with Gasteiger partial charge in [0.25, 0.3) is 5.69 Å². The number of ether oxygens (including phenoxy) is 1. The fourth-order valence-corrected chi connectivity index (χ4v) is 2.01. The van der Waals surface area contributed by atoms with Crippen molar-refractivity contribution in [2.24, 2.45) is 0 Å². The van der Waals surface area contributed by atoms with Gasteiger partial charge in [-0.1, -0.05) is 18.2 Å². The van der Waals surface area contributed by atoms with E-state index >= 15 is 0 Å². The zero-order valence-electron chi connectivity index (χ0n) is 10.4. The second-order valence-corrected chi connectivity index (χ2v) is 4.14. The van der Waals surface area contributed by atoms with Crippen LogP contribution in [-0.4, -0.2) is 12.0 Å². The maximum Gasteiger partial charge on any atom is 0.290 e. The number of nitro benzene ring substituents is 1. The monoisotopic (exact) mass is 325 g/mol. The summed E-state index contributed by atoms with van der Waals surface area (Å²) in [6, 6.07) is 12.2. The second kappa shape index (κ2) is 6.69. The van der Waals surface area contributed by atoms with E-state index in [9.17, 15) is 10.1 Å². The van der Waals surface area contributed by atoms with Crippen LogP contribution in [0.4, 0.5) is 5.69 Å². The Hall–Kier alpha value is -1.39. The molecule has 0 fully saturated rings. The van der Waals surface area contributed by atoms with Crippen molar-refractivity contribution in [1.82, 2.24) is 0 Å². The predicted octanol–water partition coefficient (Wildman–Crippen LogP) is 3.56. The van der Waals surface area contributed by atoms with Gasteiger partial charge in [0, 0.05) is 19.5 Å². The Morgan fingerprint density at radius 1 is 1.16 bits per heavy atom. The molecule has 0 aliphatic heterocycles. The molecule has 2 rings (SSSR count). The molecular formula is C13H11NO3SZn. The van der Waals surface area contributed by atoms with Gasteiger partial charge in [-0.15, -0.1) is 12.6 Å². The van der Waals surface area contributed by atoms with Gasteiger partial charge in [-0.2, -0.15) is 0 Å². The summed E-state index contributed by atoms with van der Waals surface area (Å²) >= 11 is 4.13. The van der Waals surface area contributed by atoms with Crippen LogP contribution in [0.15, 0.2) is 47.4 Å². The molecule has 0 aliphatic carbocycles. The molecule has 19 heavy (non-hydrogen) atoms. The van der Waals surface area contributed by atoms with Crippen molar-refractivity contribution in [3.8, 4) is 16.9 Å². The number of hydrogen-bond donors (Lipinski definition) is 1. The van der Waals surface area contributed by atoms with E-state index in [1.54, 1.807) is 49.6 Å². The van der Waals surface area contributed by atoms with Crippen molar-refractivity contribution in [3.63, 3.8) is 0 Å². The molecule has 2 aromatic rings. The molecule has 0 spiro atoms. The van der Waals surface area contributed by atoms with E-state index in [1.807, 2.05) is 0 Å². The third kappa shape index (κ3) is 3.34. The number of methoxy groups -OCH3 is 1. The summed E-state index contributed by atoms with van der Waals surface area (Å²) < 4.78 is 5.06. The molecular weight excluding hydrogens is 316 g/mol. The Morgan fingerprint density at radius 2 is 1.79 bits per heavy atom. The SMILES string of the molecule is COc1ccc(-c2cccc(S)c2[N+](=O)[O-])cc1.[Zn]. The van der Waals surface area contributed by atoms with Gasteiger partial charge in [0.1, 0.15) is 5.75 Å². The van der Waals surface area contributed by atoms with Crippen LogP contribution in [0.5, 0.6) is 5.75 Å². The molecule has 6 heteroatoms. The van der Waals surface area contributed by atoms with Crippen molar-refractivity contribution in [2.45, 2.75) is 4.90 Å². The first-order valence-electron chi connectivity index (χ1n) is 5.24. The molecule has 0 unspecified atom stereocenters. The van der Waals surface area contributed by atoms with Crippen LogP contribution < -0.4 is 4.74 Å². The minimum absolute atomic E-state index is 0. The van der Waals surface area contributed by atoms with Crippen LogP contribution in [-0.2, 0) is 19.5 Å². The molecule has 2 aromatic carbocycles.